The maximum absolute atomic E-state index is 13.4. The highest BCUT2D eigenvalue weighted by atomic mass is 35.5. The number of nitro groups is 1. The van der Waals surface area contributed by atoms with E-state index < -0.39 is 4.92 Å². The summed E-state index contributed by atoms with van der Waals surface area (Å²) in [4.78, 5) is 33.3. The van der Waals surface area contributed by atoms with Gasteiger partial charge in [0.05, 0.1) is 27.2 Å². The van der Waals surface area contributed by atoms with Crippen molar-refractivity contribution in [1.29, 1.82) is 0 Å². The molecule has 170 valence electrons. The third kappa shape index (κ3) is 4.58. The average molecular weight is 481 g/mol. The molecule has 7 nitrogen and oxygen atoms in total. The second kappa shape index (κ2) is 9.32. The Morgan fingerprint density at radius 3 is 2.26 bits per heavy atom. The summed E-state index contributed by atoms with van der Waals surface area (Å²) in [5.74, 6) is 0.427. The Bertz CT molecular complexity index is 1630. The van der Waals surface area contributed by atoms with Crippen LogP contribution in [0.3, 0.4) is 0 Å². The van der Waals surface area contributed by atoms with E-state index in [1.807, 2.05) is 42.5 Å². The second-order valence-electron chi connectivity index (χ2n) is 7.72. The van der Waals surface area contributed by atoms with Crippen LogP contribution >= 0.6 is 11.6 Å². The van der Waals surface area contributed by atoms with E-state index >= 15 is 0 Å². The van der Waals surface area contributed by atoms with Gasteiger partial charge in [-0.05, 0) is 66.2 Å². The van der Waals surface area contributed by atoms with Crippen molar-refractivity contribution in [3.8, 4) is 17.1 Å². The van der Waals surface area contributed by atoms with E-state index in [4.69, 9.17) is 16.6 Å². The number of hydrogen-bond donors (Lipinski definition) is 0. The van der Waals surface area contributed by atoms with Crippen LogP contribution in [0.4, 0.5) is 11.4 Å². The molecule has 0 saturated heterocycles. The molecule has 4 aromatic carbocycles. The lowest BCUT2D eigenvalue weighted by molar-refractivity contribution is -0.384. The summed E-state index contributed by atoms with van der Waals surface area (Å²) in [5.41, 5.74) is 3.09. The molecular formula is C27H17ClN4O3. The van der Waals surface area contributed by atoms with Crippen molar-refractivity contribution in [2.45, 2.75) is 0 Å². The number of fused-ring (bicyclic) bond motifs is 1. The summed E-state index contributed by atoms with van der Waals surface area (Å²) < 4.78 is 1.47. The molecule has 5 aromatic rings. The molecule has 0 N–H and O–H groups in total. The van der Waals surface area contributed by atoms with Gasteiger partial charge in [-0.1, -0.05) is 35.9 Å². The maximum atomic E-state index is 13.4. The number of halogens is 1. The van der Waals surface area contributed by atoms with Gasteiger partial charge in [0.2, 0.25) is 0 Å². The summed E-state index contributed by atoms with van der Waals surface area (Å²) in [7, 11) is 0. The van der Waals surface area contributed by atoms with Crippen LogP contribution in [0.15, 0.2) is 107 Å². The number of non-ortho nitro benzene ring substituents is 1. The zero-order chi connectivity index (χ0) is 24.4. The van der Waals surface area contributed by atoms with Crippen LogP contribution < -0.4 is 5.56 Å². The van der Waals surface area contributed by atoms with E-state index in [0.717, 1.165) is 11.3 Å². The smallest absolute Gasteiger partial charge is 0.268 e. The van der Waals surface area contributed by atoms with E-state index in [-0.39, 0.29) is 11.2 Å². The number of hydrogen-bond acceptors (Lipinski definition) is 5. The van der Waals surface area contributed by atoms with E-state index in [1.165, 1.54) is 16.7 Å². The van der Waals surface area contributed by atoms with E-state index in [0.29, 0.717) is 33.0 Å². The lowest BCUT2D eigenvalue weighted by Gasteiger charge is -2.14. The minimum absolute atomic E-state index is 0.0556. The quantitative estimate of drug-likeness (QED) is 0.166. The molecule has 35 heavy (non-hydrogen) atoms. The molecule has 0 spiro atoms. The minimum atomic E-state index is -0.477. The maximum Gasteiger partial charge on any atom is 0.269 e. The number of rotatable bonds is 5. The molecule has 1 aromatic heterocycles. The summed E-state index contributed by atoms with van der Waals surface area (Å²) >= 11 is 5.93. The predicted molar refractivity (Wildman–Crippen MR) is 138 cm³/mol. The molecule has 0 aliphatic heterocycles. The average Bonchev–Trinajstić information content (AvgIpc) is 2.89. The SMILES string of the molecule is O=c1c2ccccc2nc(-c2ccc(N=Cc3ccc(Cl)cc3)cc2)n1-c1ccc([N+](=O)[O-])cc1. The molecule has 0 fully saturated rings. The Balaban J connectivity index is 1.58. The highest BCUT2D eigenvalue weighted by Gasteiger charge is 2.15. The summed E-state index contributed by atoms with van der Waals surface area (Å²) in [6.45, 7) is 0. The van der Waals surface area contributed by atoms with Gasteiger partial charge in [-0.3, -0.25) is 24.5 Å². The Morgan fingerprint density at radius 1 is 0.886 bits per heavy atom. The molecular weight excluding hydrogens is 464 g/mol. The molecule has 0 aliphatic carbocycles. The van der Waals surface area contributed by atoms with E-state index in [2.05, 4.69) is 4.99 Å². The Hall–Kier alpha value is -4.62. The van der Waals surface area contributed by atoms with Crippen molar-refractivity contribution >= 4 is 40.1 Å². The molecule has 0 atom stereocenters. The van der Waals surface area contributed by atoms with Crippen molar-refractivity contribution in [3.63, 3.8) is 0 Å². The van der Waals surface area contributed by atoms with Crippen molar-refractivity contribution in [2.24, 2.45) is 4.99 Å². The van der Waals surface area contributed by atoms with E-state index in [9.17, 15) is 14.9 Å². The molecule has 0 bridgehead atoms. The van der Waals surface area contributed by atoms with Crippen LogP contribution in [0.5, 0.6) is 0 Å². The number of benzene rings is 4. The highest BCUT2D eigenvalue weighted by molar-refractivity contribution is 6.30. The van der Waals surface area contributed by atoms with Gasteiger partial charge >= 0.3 is 0 Å². The Morgan fingerprint density at radius 2 is 1.57 bits per heavy atom. The zero-order valence-electron chi connectivity index (χ0n) is 18.2. The third-order valence-electron chi connectivity index (χ3n) is 5.45. The fraction of sp³-hybridized carbons (Fsp3) is 0. The predicted octanol–water partition coefficient (Wildman–Crippen LogP) is 6.36. The zero-order valence-corrected chi connectivity index (χ0v) is 19.0. The van der Waals surface area contributed by atoms with Gasteiger partial charge in [-0.15, -0.1) is 0 Å². The van der Waals surface area contributed by atoms with Gasteiger partial charge in [0.15, 0.2) is 0 Å². The first-order chi connectivity index (χ1) is 17.0. The molecule has 0 radical (unpaired) electrons. The fourth-order valence-corrected chi connectivity index (χ4v) is 3.81. The van der Waals surface area contributed by atoms with Crippen LogP contribution in [0.2, 0.25) is 5.02 Å². The molecule has 8 heteroatoms. The van der Waals surface area contributed by atoms with Gasteiger partial charge in [-0.25, -0.2) is 4.98 Å². The molecule has 0 unspecified atom stereocenters. The van der Waals surface area contributed by atoms with Crippen molar-refractivity contribution in [1.82, 2.24) is 9.55 Å². The molecule has 0 aliphatic rings. The van der Waals surface area contributed by atoms with Gasteiger partial charge in [0.25, 0.3) is 11.2 Å². The first-order valence-electron chi connectivity index (χ1n) is 10.7. The first-order valence-corrected chi connectivity index (χ1v) is 11.0. The standard InChI is InChI=1S/C27H17ClN4O3/c28-20-9-5-18(6-10-20)17-29-21-11-7-19(8-12-21)26-30-25-4-2-1-3-24(25)27(33)31(26)22-13-15-23(16-14-22)32(34)35/h1-17H. The van der Waals surface area contributed by atoms with Gasteiger partial charge in [0, 0.05) is 28.9 Å². The van der Waals surface area contributed by atoms with Crippen LogP contribution in [-0.2, 0) is 0 Å². The molecule has 0 amide bonds. The number of para-hydroxylation sites is 1. The molecule has 0 saturated carbocycles. The number of nitrogens with zero attached hydrogens (tertiary/aromatic N) is 4. The van der Waals surface area contributed by atoms with Crippen molar-refractivity contribution in [2.75, 3.05) is 0 Å². The monoisotopic (exact) mass is 480 g/mol. The lowest BCUT2D eigenvalue weighted by Crippen LogP contribution is -2.21. The first kappa shape index (κ1) is 22.2. The molecule has 5 rings (SSSR count). The van der Waals surface area contributed by atoms with Crippen molar-refractivity contribution in [3.05, 3.63) is 128 Å². The van der Waals surface area contributed by atoms with Crippen LogP contribution in [0, 0.1) is 10.1 Å². The third-order valence-corrected chi connectivity index (χ3v) is 5.70. The van der Waals surface area contributed by atoms with Gasteiger partial charge in [-0.2, -0.15) is 0 Å². The normalized spacial score (nSPS) is 11.2. The second-order valence-corrected chi connectivity index (χ2v) is 8.16. The topological polar surface area (TPSA) is 90.4 Å². The summed E-state index contributed by atoms with van der Waals surface area (Å²) in [6.07, 6.45) is 1.74. The Labute approximate surface area is 204 Å². The van der Waals surface area contributed by atoms with Crippen LogP contribution in [0.1, 0.15) is 5.56 Å². The Kier molecular flexibility index (Phi) is 5.91. The number of aromatic nitrogens is 2. The van der Waals surface area contributed by atoms with Gasteiger partial charge < -0.3 is 0 Å². The minimum Gasteiger partial charge on any atom is -0.268 e. The van der Waals surface area contributed by atoms with Crippen LogP contribution in [0.25, 0.3) is 28.0 Å². The van der Waals surface area contributed by atoms with Crippen molar-refractivity contribution < 1.29 is 4.92 Å². The number of nitro benzene ring substituents is 1. The summed E-state index contributed by atoms with van der Waals surface area (Å²) in [6, 6.07) is 27.6. The highest BCUT2D eigenvalue weighted by Crippen LogP contribution is 2.25. The lowest BCUT2D eigenvalue weighted by atomic mass is 10.1. The number of aliphatic imine (C=N–C) groups is 1. The van der Waals surface area contributed by atoms with Gasteiger partial charge in [0.1, 0.15) is 5.82 Å². The largest absolute Gasteiger partial charge is 0.269 e. The van der Waals surface area contributed by atoms with Crippen LogP contribution in [-0.4, -0.2) is 20.7 Å². The summed E-state index contributed by atoms with van der Waals surface area (Å²) in [5, 5.41) is 12.2. The fourth-order valence-electron chi connectivity index (χ4n) is 3.68. The molecule has 1 heterocycles. The van der Waals surface area contributed by atoms with E-state index in [1.54, 1.807) is 48.7 Å².